The molecule has 0 saturated carbocycles. The number of benzene rings is 1. The van der Waals surface area contributed by atoms with E-state index >= 15 is 0 Å². The van der Waals surface area contributed by atoms with Gasteiger partial charge in [0.15, 0.2) is 0 Å². The van der Waals surface area contributed by atoms with Crippen LogP contribution in [0.5, 0.6) is 0 Å². The van der Waals surface area contributed by atoms with Gasteiger partial charge in [0, 0.05) is 23.8 Å². The Bertz CT molecular complexity index is 354. The fourth-order valence-electron chi connectivity index (χ4n) is 1.78. The first kappa shape index (κ1) is 14.3. The molecule has 1 N–H and O–H groups in total. The molecule has 3 heteroatoms. The number of aliphatic hydroxyl groups excluding tert-OH is 1. The minimum absolute atomic E-state index is 0.00337. The molecule has 0 saturated heterocycles. The van der Waals surface area contributed by atoms with Gasteiger partial charge in [-0.3, -0.25) is 0 Å². The van der Waals surface area contributed by atoms with E-state index in [9.17, 15) is 0 Å². The lowest BCUT2D eigenvalue weighted by Gasteiger charge is -2.26. The van der Waals surface area contributed by atoms with Crippen LogP contribution in [0.4, 0.5) is 5.69 Å². The Morgan fingerprint density at radius 1 is 1.35 bits per heavy atom. The van der Waals surface area contributed by atoms with E-state index in [-0.39, 0.29) is 6.61 Å². The summed E-state index contributed by atoms with van der Waals surface area (Å²) in [4.78, 5) is 2.32. The molecule has 0 heterocycles. The summed E-state index contributed by atoms with van der Waals surface area (Å²) in [6, 6.07) is 5.87. The van der Waals surface area contributed by atoms with Crippen LogP contribution >= 0.6 is 11.6 Å². The van der Waals surface area contributed by atoms with Crippen molar-refractivity contribution in [2.24, 2.45) is 5.92 Å². The molecule has 0 spiro atoms. The second-order valence-electron chi connectivity index (χ2n) is 4.49. The van der Waals surface area contributed by atoms with Crippen LogP contribution in [0.15, 0.2) is 18.2 Å². The van der Waals surface area contributed by atoms with E-state index in [0.717, 1.165) is 24.3 Å². The topological polar surface area (TPSA) is 23.5 Å². The third kappa shape index (κ3) is 3.90. The van der Waals surface area contributed by atoms with Crippen molar-refractivity contribution in [2.75, 3.05) is 18.0 Å². The molecule has 1 unspecified atom stereocenters. The van der Waals surface area contributed by atoms with Crippen molar-refractivity contribution >= 4 is 17.3 Å². The molecule has 1 aromatic carbocycles. The lowest BCUT2D eigenvalue weighted by Crippen LogP contribution is -2.28. The van der Waals surface area contributed by atoms with Crippen LogP contribution in [0.3, 0.4) is 0 Å². The highest BCUT2D eigenvalue weighted by Gasteiger charge is 2.10. The number of hydrogen-bond donors (Lipinski definition) is 1. The molecule has 0 radical (unpaired) electrons. The zero-order valence-electron chi connectivity index (χ0n) is 10.9. The summed E-state index contributed by atoms with van der Waals surface area (Å²) in [5.74, 6) is 0.672. The van der Waals surface area contributed by atoms with Gasteiger partial charge in [0.2, 0.25) is 0 Å². The van der Waals surface area contributed by atoms with Gasteiger partial charge in [-0.05, 0) is 30.5 Å². The molecular weight excluding hydrogens is 234 g/mol. The van der Waals surface area contributed by atoms with Crippen molar-refractivity contribution in [1.82, 2.24) is 0 Å². The highest BCUT2D eigenvalue weighted by molar-refractivity contribution is 6.31. The number of rotatable bonds is 6. The standard InChI is InChI=1S/C14H22ClNO/c1-4-11(3)9-16(5-2)13-7-6-12(10-17)14(15)8-13/h6-8,11,17H,4-5,9-10H2,1-3H3. The Balaban J connectivity index is 2.85. The van der Waals surface area contributed by atoms with E-state index in [2.05, 4.69) is 25.7 Å². The van der Waals surface area contributed by atoms with Crippen LogP contribution in [0.25, 0.3) is 0 Å². The maximum absolute atomic E-state index is 9.09. The van der Waals surface area contributed by atoms with Gasteiger partial charge < -0.3 is 10.0 Å². The largest absolute Gasteiger partial charge is 0.392 e. The molecular formula is C14H22ClNO. The van der Waals surface area contributed by atoms with Gasteiger partial charge in [0.25, 0.3) is 0 Å². The number of nitrogens with zero attached hydrogens (tertiary/aromatic N) is 1. The normalized spacial score (nSPS) is 12.5. The van der Waals surface area contributed by atoms with E-state index in [1.165, 1.54) is 6.42 Å². The van der Waals surface area contributed by atoms with E-state index in [1.807, 2.05) is 18.2 Å². The predicted molar refractivity (Wildman–Crippen MR) is 74.7 cm³/mol. The van der Waals surface area contributed by atoms with Crippen molar-refractivity contribution in [1.29, 1.82) is 0 Å². The maximum Gasteiger partial charge on any atom is 0.0696 e. The van der Waals surface area contributed by atoms with Crippen LogP contribution < -0.4 is 4.90 Å². The van der Waals surface area contributed by atoms with Gasteiger partial charge >= 0.3 is 0 Å². The summed E-state index contributed by atoms with van der Waals surface area (Å²) < 4.78 is 0. The van der Waals surface area contributed by atoms with Gasteiger partial charge in [-0.15, -0.1) is 0 Å². The van der Waals surface area contributed by atoms with Crippen molar-refractivity contribution in [3.05, 3.63) is 28.8 Å². The number of halogens is 1. The first-order valence-electron chi connectivity index (χ1n) is 6.26. The van der Waals surface area contributed by atoms with Crippen LogP contribution in [0, 0.1) is 5.92 Å². The third-order valence-corrected chi connectivity index (χ3v) is 3.53. The van der Waals surface area contributed by atoms with Crippen molar-refractivity contribution < 1.29 is 5.11 Å². The monoisotopic (exact) mass is 255 g/mol. The van der Waals surface area contributed by atoms with E-state index in [1.54, 1.807) is 0 Å². The van der Waals surface area contributed by atoms with Crippen molar-refractivity contribution in [3.63, 3.8) is 0 Å². The Kier molecular flexibility index (Phi) is 5.79. The molecule has 96 valence electrons. The van der Waals surface area contributed by atoms with Gasteiger partial charge in [-0.1, -0.05) is 37.9 Å². The number of aliphatic hydroxyl groups is 1. The zero-order valence-corrected chi connectivity index (χ0v) is 11.7. The Hall–Kier alpha value is -0.730. The van der Waals surface area contributed by atoms with E-state index < -0.39 is 0 Å². The number of anilines is 1. The fourth-order valence-corrected chi connectivity index (χ4v) is 2.02. The number of hydrogen-bond acceptors (Lipinski definition) is 2. The minimum atomic E-state index is -0.00337. The molecule has 1 aromatic rings. The first-order chi connectivity index (χ1) is 8.12. The third-order valence-electron chi connectivity index (χ3n) is 3.18. The van der Waals surface area contributed by atoms with Gasteiger partial charge in [-0.2, -0.15) is 0 Å². The predicted octanol–water partition coefficient (Wildman–Crippen LogP) is 3.70. The molecule has 1 rings (SSSR count). The Labute approximate surface area is 109 Å². The summed E-state index contributed by atoms with van der Waals surface area (Å²) in [5.41, 5.74) is 1.92. The zero-order chi connectivity index (χ0) is 12.8. The van der Waals surface area contributed by atoms with Crippen LogP contribution in [-0.2, 0) is 6.61 Å². The van der Waals surface area contributed by atoms with Crippen LogP contribution in [-0.4, -0.2) is 18.2 Å². The fraction of sp³-hybridized carbons (Fsp3) is 0.571. The quantitative estimate of drug-likeness (QED) is 0.838. The molecule has 0 bridgehead atoms. The minimum Gasteiger partial charge on any atom is -0.392 e. The highest BCUT2D eigenvalue weighted by Crippen LogP contribution is 2.24. The van der Waals surface area contributed by atoms with E-state index in [0.29, 0.717) is 10.9 Å². The summed E-state index contributed by atoms with van der Waals surface area (Å²) in [5, 5.41) is 9.74. The lowest BCUT2D eigenvalue weighted by atomic mass is 10.1. The molecule has 17 heavy (non-hydrogen) atoms. The molecule has 0 aliphatic rings. The Morgan fingerprint density at radius 3 is 2.53 bits per heavy atom. The molecule has 0 amide bonds. The van der Waals surface area contributed by atoms with E-state index in [4.69, 9.17) is 16.7 Å². The summed E-state index contributed by atoms with van der Waals surface area (Å²) in [7, 11) is 0. The van der Waals surface area contributed by atoms with Crippen LogP contribution in [0.2, 0.25) is 5.02 Å². The highest BCUT2D eigenvalue weighted by atomic mass is 35.5. The second-order valence-corrected chi connectivity index (χ2v) is 4.89. The van der Waals surface area contributed by atoms with Crippen molar-refractivity contribution in [2.45, 2.75) is 33.8 Å². The smallest absolute Gasteiger partial charge is 0.0696 e. The SMILES string of the molecule is CCC(C)CN(CC)c1ccc(CO)c(Cl)c1. The van der Waals surface area contributed by atoms with Gasteiger partial charge in [0.05, 0.1) is 6.61 Å². The Morgan fingerprint density at radius 2 is 2.06 bits per heavy atom. The average Bonchev–Trinajstić information content (AvgIpc) is 2.35. The lowest BCUT2D eigenvalue weighted by molar-refractivity contribution is 0.282. The molecule has 0 aliphatic heterocycles. The summed E-state index contributed by atoms with van der Waals surface area (Å²) >= 11 is 6.11. The molecule has 0 aromatic heterocycles. The van der Waals surface area contributed by atoms with Gasteiger partial charge in [0.1, 0.15) is 0 Å². The summed E-state index contributed by atoms with van der Waals surface area (Å²) in [6.45, 7) is 8.63. The van der Waals surface area contributed by atoms with Crippen molar-refractivity contribution in [3.8, 4) is 0 Å². The molecule has 0 aliphatic carbocycles. The molecule has 1 atom stereocenters. The maximum atomic E-state index is 9.09. The first-order valence-corrected chi connectivity index (χ1v) is 6.64. The summed E-state index contributed by atoms with van der Waals surface area (Å²) in [6.07, 6.45) is 1.18. The second kappa shape index (κ2) is 6.87. The van der Waals surface area contributed by atoms with Gasteiger partial charge in [-0.25, -0.2) is 0 Å². The van der Waals surface area contributed by atoms with Crippen LogP contribution in [0.1, 0.15) is 32.8 Å². The average molecular weight is 256 g/mol. The molecule has 0 fully saturated rings. The molecule has 2 nitrogen and oxygen atoms in total.